The first-order chi connectivity index (χ1) is 11.1. The number of ether oxygens (including phenoxy) is 1. The number of para-hydroxylation sites is 1. The highest BCUT2D eigenvalue weighted by atomic mass is 16.6. The van der Waals surface area contributed by atoms with Gasteiger partial charge in [-0.2, -0.15) is 0 Å². The van der Waals surface area contributed by atoms with Gasteiger partial charge in [-0.3, -0.25) is 4.79 Å². The second-order valence-corrected chi connectivity index (χ2v) is 5.76. The smallest absolute Gasteiger partial charge is 0.409 e. The number of H-pyrrole nitrogens is 1. The number of fused-ring (bicyclic) bond motifs is 1. The summed E-state index contributed by atoms with van der Waals surface area (Å²) in [4.78, 5) is 28.6. The van der Waals surface area contributed by atoms with Gasteiger partial charge in [0.2, 0.25) is 5.91 Å². The van der Waals surface area contributed by atoms with Crippen LogP contribution in [0.25, 0.3) is 10.9 Å². The summed E-state index contributed by atoms with van der Waals surface area (Å²) in [7, 11) is 0. The highest BCUT2D eigenvalue weighted by molar-refractivity contribution is 5.90. The number of hydrogen-bond donors (Lipinski definition) is 2. The van der Waals surface area contributed by atoms with E-state index in [4.69, 9.17) is 4.74 Å². The van der Waals surface area contributed by atoms with E-state index < -0.39 is 0 Å². The molecule has 2 N–H and O–H groups in total. The number of benzene rings is 1. The van der Waals surface area contributed by atoms with Gasteiger partial charge in [0, 0.05) is 36.2 Å². The number of amides is 2. The molecule has 2 aromatic rings. The Morgan fingerprint density at radius 3 is 3.04 bits per heavy atom. The molecule has 6 heteroatoms. The Kier molecular flexibility index (Phi) is 4.50. The van der Waals surface area contributed by atoms with Crippen molar-refractivity contribution in [3.8, 4) is 0 Å². The topological polar surface area (TPSA) is 74.4 Å². The first kappa shape index (κ1) is 15.4. The monoisotopic (exact) mass is 315 g/mol. The predicted molar refractivity (Wildman–Crippen MR) is 87.3 cm³/mol. The molecule has 1 aromatic carbocycles. The molecule has 0 unspecified atom stereocenters. The first-order valence-corrected chi connectivity index (χ1v) is 7.90. The van der Waals surface area contributed by atoms with Gasteiger partial charge in [-0.15, -0.1) is 0 Å². The SMILES string of the molecule is Cc1[nH]c2ccccc2c1CC(=O)NCCN1CCCOC1=O. The summed E-state index contributed by atoms with van der Waals surface area (Å²) in [6.45, 7) is 4.08. The van der Waals surface area contributed by atoms with Crippen molar-refractivity contribution in [1.29, 1.82) is 0 Å². The van der Waals surface area contributed by atoms with Crippen molar-refractivity contribution in [2.75, 3.05) is 26.2 Å². The van der Waals surface area contributed by atoms with Gasteiger partial charge in [0.1, 0.15) is 0 Å². The van der Waals surface area contributed by atoms with Gasteiger partial charge in [0.05, 0.1) is 13.0 Å². The van der Waals surface area contributed by atoms with Crippen molar-refractivity contribution in [2.45, 2.75) is 19.8 Å². The molecule has 1 aliphatic heterocycles. The van der Waals surface area contributed by atoms with E-state index in [1.54, 1.807) is 4.90 Å². The third kappa shape index (κ3) is 3.47. The molecule has 1 aliphatic rings. The fraction of sp³-hybridized carbons (Fsp3) is 0.412. The lowest BCUT2D eigenvalue weighted by molar-refractivity contribution is -0.120. The standard InChI is InChI=1S/C17H21N3O3/c1-12-14(13-5-2-3-6-15(13)19-12)11-16(21)18-7-9-20-8-4-10-23-17(20)22/h2-3,5-6,19H,4,7-11H2,1H3,(H,18,21). The quantitative estimate of drug-likeness (QED) is 0.886. The third-order valence-corrected chi connectivity index (χ3v) is 4.12. The predicted octanol–water partition coefficient (Wildman–Crippen LogP) is 1.98. The van der Waals surface area contributed by atoms with Crippen molar-refractivity contribution >= 4 is 22.9 Å². The van der Waals surface area contributed by atoms with E-state index in [-0.39, 0.29) is 12.0 Å². The molecular formula is C17H21N3O3. The van der Waals surface area contributed by atoms with Crippen LogP contribution >= 0.6 is 0 Å². The van der Waals surface area contributed by atoms with E-state index in [0.717, 1.165) is 28.6 Å². The molecule has 0 bridgehead atoms. The van der Waals surface area contributed by atoms with Crippen LogP contribution in [0.5, 0.6) is 0 Å². The van der Waals surface area contributed by atoms with Gasteiger partial charge < -0.3 is 19.9 Å². The minimum absolute atomic E-state index is 0.0387. The molecule has 6 nitrogen and oxygen atoms in total. The number of nitrogens with zero attached hydrogens (tertiary/aromatic N) is 1. The van der Waals surface area contributed by atoms with E-state index in [2.05, 4.69) is 10.3 Å². The van der Waals surface area contributed by atoms with E-state index >= 15 is 0 Å². The summed E-state index contributed by atoms with van der Waals surface area (Å²) in [5.74, 6) is -0.0387. The molecule has 23 heavy (non-hydrogen) atoms. The van der Waals surface area contributed by atoms with Gasteiger partial charge in [-0.25, -0.2) is 4.79 Å². The van der Waals surface area contributed by atoms with Gasteiger partial charge in [0.15, 0.2) is 0 Å². The van der Waals surface area contributed by atoms with Crippen LogP contribution in [0.2, 0.25) is 0 Å². The molecular weight excluding hydrogens is 294 g/mol. The normalized spacial score (nSPS) is 14.8. The van der Waals surface area contributed by atoms with Crippen LogP contribution in [0, 0.1) is 6.92 Å². The molecule has 2 heterocycles. The third-order valence-electron chi connectivity index (χ3n) is 4.12. The lowest BCUT2D eigenvalue weighted by Crippen LogP contribution is -2.42. The summed E-state index contributed by atoms with van der Waals surface area (Å²) in [6, 6.07) is 7.97. The number of aromatic amines is 1. The Morgan fingerprint density at radius 1 is 1.39 bits per heavy atom. The molecule has 0 atom stereocenters. The number of carbonyl (C=O) groups is 2. The second kappa shape index (κ2) is 6.73. The number of carbonyl (C=O) groups excluding carboxylic acids is 2. The Balaban J connectivity index is 1.54. The van der Waals surface area contributed by atoms with Crippen molar-refractivity contribution < 1.29 is 14.3 Å². The van der Waals surface area contributed by atoms with E-state index in [1.807, 2.05) is 31.2 Å². The molecule has 1 aromatic heterocycles. The summed E-state index contributed by atoms with van der Waals surface area (Å²) in [5.41, 5.74) is 3.08. The summed E-state index contributed by atoms with van der Waals surface area (Å²) >= 11 is 0. The fourth-order valence-corrected chi connectivity index (χ4v) is 2.92. The van der Waals surface area contributed by atoms with Gasteiger partial charge in [-0.05, 0) is 25.0 Å². The molecule has 0 aliphatic carbocycles. The van der Waals surface area contributed by atoms with Crippen LogP contribution in [-0.4, -0.2) is 48.1 Å². The Labute approximate surface area is 134 Å². The van der Waals surface area contributed by atoms with Crippen molar-refractivity contribution in [1.82, 2.24) is 15.2 Å². The molecule has 3 rings (SSSR count). The maximum atomic E-state index is 12.2. The Morgan fingerprint density at radius 2 is 2.22 bits per heavy atom. The Hall–Kier alpha value is -2.50. The van der Waals surface area contributed by atoms with Crippen LogP contribution < -0.4 is 5.32 Å². The molecule has 0 saturated carbocycles. The molecule has 0 radical (unpaired) electrons. The summed E-state index contributed by atoms with van der Waals surface area (Å²) in [6.07, 6.45) is 0.882. The molecule has 122 valence electrons. The highest BCUT2D eigenvalue weighted by Gasteiger charge is 2.19. The largest absolute Gasteiger partial charge is 0.449 e. The first-order valence-electron chi connectivity index (χ1n) is 7.90. The average Bonchev–Trinajstić information content (AvgIpc) is 2.85. The fourth-order valence-electron chi connectivity index (χ4n) is 2.92. The number of aromatic nitrogens is 1. The van der Waals surface area contributed by atoms with Crippen LogP contribution in [0.1, 0.15) is 17.7 Å². The number of nitrogens with one attached hydrogen (secondary N) is 2. The van der Waals surface area contributed by atoms with E-state index in [0.29, 0.717) is 32.7 Å². The van der Waals surface area contributed by atoms with Crippen LogP contribution in [-0.2, 0) is 16.0 Å². The zero-order valence-electron chi connectivity index (χ0n) is 13.2. The highest BCUT2D eigenvalue weighted by Crippen LogP contribution is 2.22. The zero-order chi connectivity index (χ0) is 16.2. The summed E-state index contributed by atoms with van der Waals surface area (Å²) in [5, 5.41) is 3.96. The van der Waals surface area contributed by atoms with E-state index in [1.165, 1.54) is 0 Å². The van der Waals surface area contributed by atoms with E-state index in [9.17, 15) is 9.59 Å². The van der Waals surface area contributed by atoms with Crippen molar-refractivity contribution in [3.63, 3.8) is 0 Å². The zero-order valence-corrected chi connectivity index (χ0v) is 13.2. The molecule has 1 saturated heterocycles. The van der Waals surface area contributed by atoms with Crippen LogP contribution in [0.4, 0.5) is 4.79 Å². The maximum absolute atomic E-state index is 12.2. The minimum Gasteiger partial charge on any atom is -0.449 e. The number of aryl methyl sites for hydroxylation is 1. The van der Waals surface area contributed by atoms with Crippen molar-refractivity contribution in [2.24, 2.45) is 0 Å². The molecule has 2 amide bonds. The maximum Gasteiger partial charge on any atom is 0.409 e. The molecule has 0 spiro atoms. The van der Waals surface area contributed by atoms with Gasteiger partial charge in [0.25, 0.3) is 0 Å². The van der Waals surface area contributed by atoms with Gasteiger partial charge in [-0.1, -0.05) is 18.2 Å². The minimum atomic E-state index is -0.294. The van der Waals surface area contributed by atoms with Gasteiger partial charge >= 0.3 is 6.09 Å². The van der Waals surface area contributed by atoms with Crippen LogP contribution in [0.15, 0.2) is 24.3 Å². The average molecular weight is 315 g/mol. The number of rotatable bonds is 5. The number of cyclic esters (lactones) is 1. The van der Waals surface area contributed by atoms with Crippen LogP contribution in [0.3, 0.4) is 0 Å². The van der Waals surface area contributed by atoms with Crippen molar-refractivity contribution in [3.05, 3.63) is 35.5 Å². The molecule has 1 fully saturated rings. The lowest BCUT2D eigenvalue weighted by atomic mass is 10.1. The number of hydrogen-bond acceptors (Lipinski definition) is 3. The Bertz CT molecular complexity index is 723. The second-order valence-electron chi connectivity index (χ2n) is 5.76. The lowest BCUT2D eigenvalue weighted by Gasteiger charge is -2.26. The summed E-state index contributed by atoms with van der Waals surface area (Å²) < 4.78 is 4.97.